The maximum Gasteiger partial charge on any atom is 0.254 e. The second-order valence-electron chi connectivity index (χ2n) is 5.97. The molecule has 0 N–H and O–H groups in total. The summed E-state index contributed by atoms with van der Waals surface area (Å²) >= 11 is 6.17. The highest BCUT2D eigenvalue weighted by atomic mass is 35.5. The molecular formula is C17H23ClN2O4. The van der Waals surface area contributed by atoms with Gasteiger partial charge in [-0.05, 0) is 12.1 Å². The first-order valence-corrected chi connectivity index (χ1v) is 8.26. The molecular weight excluding hydrogens is 332 g/mol. The van der Waals surface area contributed by atoms with Crippen LogP contribution in [0.1, 0.15) is 24.2 Å². The smallest absolute Gasteiger partial charge is 0.254 e. The van der Waals surface area contributed by atoms with Crippen LogP contribution < -0.4 is 9.47 Å². The van der Waals surface area contributed by atoms with Crippen molar-refractivity contribution in [2.24, 2.45) is 5.92 Å². The van der Waals surface area contributed by atoms with Crippen LogP contribution in [0.4, 0.5) is 0 Å². The third-order valence-electron chi connectivity index (χ3n) is 4.05. The fourth-order valence-corrected chi connectivity index (χ4v) is 3.01. The van der Waals surface area contributed by atoms with Gasteiger partial charge in [0.05, 0.1) is 19.2 Å². The summed E-state index contributed by atoms with van der Waals surface area (Å²) in [7, 11) is 2.99. The molecule has 0 bridgehead atoms. The van der Waals surface area contributed by atoms with Crippen molar-refractivity contribution in [2.75, 3.05) is 40.4 Å². The first-order chi connectivity index (χ1) is 11.4. The molecule has 24 heavy (non-hydrogen) atoms. The number of piperazine rings is 1. The van der Waals surface area contributed by atoms with Gasteiger partial charge in [-0.3, -0.25) is 9.59 Å². The van der Waals surface area contributed by atoms with Gasteiger partial charge in [-0.25, -0.2) is 0 Å². The number of rotatable bonds is 4. The number of halogens is 1. The van der Waals surface area contributed by atoms with Crippen molar-refractivity contribution in [3.63, 3.8) is 0 Å². The Kier molecular flexibility index (Phi) is 5.94. The van der Waals surface area contributed by atoms with E-state index in [1.165, 1.54) is 14.2 Å². The van der Waals surface area contributed by atoms with Crippen molar-refractivity contribution in [2.45, 2.75) is 13.8 Å². The predicted octanol–water partition coefficient (Wildman–Crippen LogP) is 2.30. The van der Waals surface area contributed by atoms with E-state index in [1.54, 1.807) is 21.9 Å². The van der Waals surface area contributed by atoms with Gasteiger partial charge in [-0.1, -0.05) is 25.4 Å². The van der Waals surface area contributed by atoms with E-state index in [0.29, 0.717) is 48.3 Å². The normalized spacial score (nSPS) is 14.8. The van der Waals surface area contributed by atoms with Gasteiger partial charge >= 0.3 is 0 Å². The Balaban J connectivity index is 2.11. The highest BCUT2D eigenvalue weighted by Gasteiger charge is 2.27. The highest BCUT2D eigenvalue weighted by Crippen LogP contribution is 2.36. The molecule has 1 aromatic rings. The molecule has 0 atom stereocenters. The number of ether oxygens (including phenoxy) is 2. The average molecular weight is 355 g/mol. The summed E-state index contributed by atoms with van der Waals surface area (Å²) in [5.74, 6) is 0.785. The van der Waals surface area contributed by atoms with Gasteiger partial charge in [0.25, 0.3) is 5.91 Å². The van der Waals surface area contributed by atoms with Gasteiger partial charge in [0.1, 0.15) is 0 Å². The lowest BCUT2D eigenvalue weighted by Gasteiger charge is -2.35. The summed E-state index contributed by atoms with van der Waals surface area (Å²) in [6, 6.07) is 3.20. The Morgan fingerprint density at radius 3 is 2.12 bits per heavy atom. The zero-order chi connectivity index (χ0) is 17.9. The van der Waals surface area contributed by atoms with Gasteiger partial charge in [-0.15, -0.1) is 0 Å². The molecule has 1 fully saturated rings. The van der Waals surface area contributed by atoms with E-state index in [-0.39, 0.29) is 17.7 Å². The molecule has 0 unspecified atom stereocenters. The molecule has 2 amide bonds. The van der Waals surface area contributed by atoms with Crippen LogP contribution in [0.2, 0.25) is 5.02 Å². The van der Waals surface area contributed by atoms with Crippen molar-refractivity contribution in [3.8, 4) is 11.5 Å². The van der Waals surface area contributed by atoms with E-state index in [1.807, 2.05) is 13.8 Å². The quantitative estimate of drug-likeness (QED) is 0.832. The first kappa shape index (κ1) is 18.4. The fourth-order valence-electron chi connectivity index (χ4n) is 2.72. The van der Waals surface area contributed by atoms with Crippen molar-refractivity contribution >= 4 is 23.4 Å². The predicted molar refractivity (Wildman–Crippen MR) is 91.9 cm³/mol. The van der Waals surface area contributed by atoms with Gasteiger partial charge in [-0.2, -0.15) is 0 Å². The van der Waals surface area contributed by atoms with Gasteiger partial charge in [0, 0.05) is 37.7 Å². The summed E-state index contributed by atoms with van der Waals surface area (Å²) in [4.78, 5) is 28.2. The molecule has 7 heteroatoms. The third kappa shape index (κ3) is 3.75. The summed E-state index contributed by atoms with van der Waals surface area (Å²) in [6.07, 6.45) is 0. The SMILES string of the molecule is COc1cc(C(=O)N2CCN(C(=O)C(C)C)CC2)cc(Cl)c1OC. The molecule has 1 aliphatic heterocycles. The zero-order valence-electron chi connectivity index (χ0n) is 14.5. The largest absolute Gasteiger partial charge is 0.493 e. The Hall–Kier alpha value is -1.95. The van der Waals surface area contributed by atoms with Gasteiger partial charge in [0.2, 0.25) is 5.91 Å². The summed E-state index contributed by atoms with van der Waals surface area (Å²) < 4.78 is 10.4. The van der Waals surface area contributed by atoms with E-state index in [0.717, 1.165) is 0 Å². The van der Waals surface area contributed by atoms with Gasteiger partial charge in [0.15, 0.2) is 11.5 Å². The lowest BCUT2D eigenvalue weighted by Crippen LogP contribution is -2.51. The van der Waals surface area contributed by atoms with Crippen LogP contribution in [-0.2, 0) is 4.79 Å². The number of hydrogen-bond acceptors (Lipinski definition) is 4. The lowest BCUT2D eigenvalue weighted by molar-refractivity contribution is -0.135. The van der Waals surface area contributed by atoms with Crippen molar-refractivity contribution in [1.29, 1.82) is 0 Å². The summed E-state index contributed by atoms with van der Waals surface area (Å²) in [5, 5.41) is 0.328. The number of amides is 2. The maximum atomic E-state index is 12.7. The molecule has 1 aromatic carbocycles. The number of benzene rings is 1. The van der Waals surface area contributed by atoms with Crippen LogP contribution in [0, 0.1) is 5.92 Å². The Labute approximate surface area is 147 Å². The molecule has 0 aromatic heterocycles. The minimum Gasteiger partial charge on any atom is -0.493 e. The number of methoxy groups -OCH3 is 2. The van der Waals surface area contributed by atoms with Crippen LogP contribution in [0.25, 0.3) is 0 Å². The van der Waals surface area contributed by atoms with E-state index >= 15 is 0 Å². The molecule has 132 valence electrons. The number of nitrogens with zero attached hydrogens (tertiary/aromatic N) is 2. The zero-order valence-corrected chi connectivity index (χ0v) is 15.2. The highest BCUT2D eigenvalue weighted by molar-refractivity contribution is 6.32. The van der Waals surface area contributed by atoms with Crippen LogP contribution in [0.5, 0.6) is 11.5 Å². The molecule has 1 aliphatic rings. The van der Waals surface area contributed by atoms with Crippen LogP contribution in [-0.4, -0.2) is 62.0 Å². The summed E-state index contributed by atoms with van der Waals surface area (Å²) in [5.41, 5.74) is 0.446. The minimum atomic E-state index is -0.130. The van der Waals surface area contributed by atoms with Crippen LogP contribution in [0.15, 0.2) is 12.1 Å². The topological polar surface area (TPSA) is 59.1 Å². The maximum absolute atomic E-state index is 12.7. The van der Waals surface area contributed by atoms with E-state index < -0.39 is 0 Å². The first-order valence-electron chi connectivity index (χ1n) is 7.88. The molecule has 2 rings (SSSR count). The van der Waals surface area contributed by atoms with E-state index in [2.05, 4.69) is 0 Å². The van der Waals surface area contributed by atoms with Crippen molar-refractivity contribution in [1.82, 2.24) is 9.80 Å². The molecule has 0 spiro atoms. The number of hydrogen-bond donors (Lipinski definition) is 0. The number of carbonyl (C=O) groups is 2. The molecule has 0 aliphatic carbocycles. The monoisotopic (exact) mass is 354 g/mol. The number of carbonyl (C=O) groups excluding carboxylic acids is 2. The molecule has 0 radical (unpaired) electrons. The van der Waals surface area contributed by atoms with Gasteiger partial charge < -0.3 is 19.3 Å². The minimum absolute atomic E-state index is 0.0306. The molecule has 1 saturated heterocycles. The third-order valence-corrected chi connectivity index (χ3v) is 4.33. The summed E-state index contributed by atoms with van der Waals surface area (Å²) in [6.45, 7) is 5.86. The molecule has 6 nitrogen and oxygen atoms in total. The average Bonchev–Trinajstić information content (AvgIpc) is 2.59. The Morgan fingerprint density at radius 1 is 1.04 bits per heavy atom. The van der Waals surface area contributed by atoms with Crippen LogP contribution >= 0.6 is 11.6 Å². The van der Waals surface area contributed by atoms with Crippen molar-refractivity contribution < 1.29 is 19.1 Å². The fraction of sp³-hybridized carbons (Fsp3) is 0.529. The standard InChI is InChI=1S/C17H23ClN2O4/c1-11(2)16(21)19-5-7-20(8-6-19)17(22)12-9-13(18)15(24-4)14(10-12)23-3/h9-11H,5-8H2,1-4H3. The molecule has 1 heterocycles. The Morgan fingerprint density at radius 2 is 1.62 bits per heavy atom. The van der Waals surface area contributed by atoms with E-state index in [4.69, 9.17) is 21.1 Å². The lowest BCUT2D eigenvalue weighted by atomic mass is 10.1. The van der Waals surface area contributed by atoms with Crippen LogP contribution in [0.3, 0.4) is 0 Å². The van der Waals surface area contributed by atoms with E-state index in [9.17, 15) is 9.59 Å². The molecule has 0 saturated carbocycles. The Bertz CT molecular complexity index is 625. The van der Waals surface area contributed by atoms with Crippen molar-refractivity contribution in [3.05, 3.63) is 22.7 Å². The second-order valence-corrected chi connectivity index (χ2v) is 6.37. The second kappa shape index (κ2) is 7.75.